The molecule has 2 amide bonds. The number of anilines is 1. The number of carbonyl (C=O) groups is 3. The third-order valence-corrected chi connectivity index (χ3v) is 3.51. The Morgan fingerprint density at radius 3 is 2.54 bits per heavy atom. The number of nitrogens with one attached hydrogen (secondary N) is 2. The van der Waals surface area contributed by atoms with Crippen LogP contribution in [0, 0.1) is 13.8 Å². The third-order valence-electron chi connectivity index (χ3n) is 3.51. The maximum absolute atomic E-state index is 12.1. The average molecular weight is 358 g/mol. The fourth-order valence-electron chi connectivity index (χ4n) is 2.35. The number of ether oxygens (including phenoxy) is 1. The van der Waals surface area contributed by atoms with E-state index in [-0.39, 0.29) is 17.2 Å². The quantitative estimate of drug-likeness (QED) is 0.781. The molecular formula is C18H18N2O6. The Kier molecular flexibility index (Phi) is 5.90. The summed E-state index contributed by atoms with van der Waals surface area (Å²) in [5.74, 6) is -1.50. The molecule has 136 valence electrons. The van der Waals surface area contributed by atoms with Gasteiger partial charge < -0.3 is 19.8 Å². The second-order valence-corrected chi connectivity index (χ2v) is 5.46. The lowest BCUT2D eigenvalue weighted by Gasteiger charge is -2.09. The minimum absolute atomic E-state index is 0.110. The Morgan fingerprint density at radius 1 is 1.15 bits per heavy atom. The summed E-state index contributed by atoms with van der Waals surface area (Å²) in [5.41, 5.74) is 0.727. The van der Waals surface area contributed by atoms with Crippen molar-refractivity contribution in [3.8, 4) is 0 Å². The number of benzene rings is 1. The van der Waals surface area contributed by atoms with Crippen molar-refractivity contribution in [1.82, 2.24) is 5.32 Å². The smallest absolute Gasteiger partial charge is 0.342 e. The van der Waals surface area contributed by atoms with E-state index >= 15 is 0 Å². The van der Waals surface area contributed by atoms with Crippen LogP contribution in [0.3, 0.4) is 0 Å². The Balaban J connectivity index is 2.00. The SMILES string of the molecule is CNC(=O)c1cccc(NC(=O)COC(=O)c2c(C)cc(=O)oc2C)c1. The number of hydrogen-bond acceptors (Lipinski definition) is 6. The Hall–Kier alpha value is -3.42. The van der Waals surface area contributed by atoms with Crippen LogP contribution in [0.5, 0.6) is 0 Å². The molecule has 0 aliphatic carbocycles. The van der Waals surface area contributed by atoms with Crippen LogP contribution in [0.2, 0.25) is 0 Å². The van der Waals surface area contributed by atoms with Gasteiger partial charge in [0, 0.05) is 24.4 Å². The van der Waals surface area contributed by atoms with E-state index in [2.05, 4.69) is 10.6 Å². The summed E-state index contributed by atoms with van der Waals surface area (Å²) in [7, 11) is 1.50. The van der Waals surface area contributed by atoms with Crippen LogP contribution in [0.1, 0.15) is 32.0 Å². The normalized spacial score (nSPS) is 10.1. The molecule has 2 N–H and O–H groups in total. The monoisotopic (exact) mass is 358 g/mol. The predicted octanol–water partition coefficient (Wildman–Crippen LogP) is 1.41. The summed E-state index contributed by atoms with van der Waals surface area (Å²) in [6, 6.07) is 7.49. The average Bonchev–Trinajstić information content (AvgIpc) is 2.58. The highest BCUT2D eigenvalue weighted by molar-refractivity contribution is 5.98. The van der Waals surface area contributed by atoms with Crippen LogP contribution >= 0.6 is 0 Å². The molecule has 2 aromatic rings. The van der Waals surface area contributed by atoms with Gasteiger partial charge in [0.1, 0.15) is 11.3 Å². The van der Waals surface area contributed by atoms with Crippen LogP contribution in [0.15, 0.2) is 39.5 Å². The lowest BCUT2D eigenvalue weighted by Crippen LogP contribution is -2.22. The van der Waals surface area contributed by atoms with E-state index < -0.39 is 24.1 Å². The lowest BCUT2D eigenvalue weighted by atomic mass is 10.1. The first-order valence-electron chi connectivity index (χ1n) is 7.72. The van der Waals surface area contributed by atoms with E-state index in [9.17, 15) is 19.2 Å². The van der Waals surface area contributed by atoms with Crippen molar-refractivity contribution < 1.29 is 23.5 Å². The number of amides is 2. The maximum atomic E-state index is 12.1. The Morgan fingerprint density at radius 2 is 1.88 bits per heavy atom. The topological polar surface area (TPSA) is 115 Å². The lowest BCUT2D eigenvalue weighted by molar-refractivity contribution is -0.119. The molecule has 0 atom stereocenters. The van der Waals surface area contributed by atoms with Gasteiger partial charge in [0.05, 0.1) is 0 Å². The van der Waals surface area contributed by atoms with Gasteiger partial charge in [-0.1, -0.05) is 6.07 Å². The zero-order chi connectivity index (χ0) is 19.3. The number of esters is 1. The first kappa shape index (κ1) is 18.9. The van der Waals surface area contributed by atoms with Gasteiger partial charge in [-0.25, -0.2) is 9.59 Å². The molecule has 1 heterocycles. The van der Waals surface area contributed by atoms with E-state index in [1.165, 1.54) is 26.1 Å². The number of carbonyl (C=O) groups excluding carboxylic acids is 3. The fourth-order valence-corrected chi connectivity index (χ4v) is 2.35. The standard InChI is InChI=1S/C18H18N2O6/c1-10-7-15(22)26-11(2)16(10)18(24)25-9-14(21)20-13-6-4-5-12(8-13)17(23)19-3/h4-8H,9H2,1-3H3,(H,19,23)(H,20,21). The van der Waals surface area contributed by atoms with Crippen LogP contribution in [0.4, 0.5) is 5.69 Å². The number of hydrogen-bond donors (Lipinski definition) is 2. The molecule has 0 saturated heterocycles. The van der Waals surface area contributed by atoms with Gasteiger partial charge in [-0.05, 0) is 37.6 Å². The van der Waals surface area contributed by atoms with Crippen LogP contribution in [-0.2, 0) is 9.53 Å². The highest BCUT2D eigenvalue weighted by Gasteiger charge is 2.18. The molecule has 1 aromatic heterocycles. The second-order valence-electron chi connectivity index (χ2n) is 5.46. The van der Waals surface area contributed by atoms with E-state index in [4.69, 9.17) is 9.15 Å². The number of aryl methyl sites for hydroxylation is 2. The minimum Gasteiger partial charge on any atom is -0.452 e. The first-order valence-corrected chi connectivity index (χ1v) is 7.72. The van der Waals surface area contributed by atoms with Crippen LogP contribution in [0.25, 0.3) is 0 Å². The Labute approximate surface area is 149 Å². The molecule has 1 aromatic carbocycles. The minimum atomic E-state index is -0.766. The largest absolute Gasteiger partial charge is 0.452 e. The van der Waals surface area contributed by atoms with Gasteiger partial charge in [0.25, 0.3) is 11.8 Å². The predicted molar refractivity (Wildman–Crippen MR) is 93.2 cm³/mol. The summed E-state index contributed by atoms with van der Waals surface area (Å²) < 4.78 is 9.83. The number of rotatable bonds is 5. The van der Waals surface area contributed by atoms with Crippen molar-refractivity contribution in [3.05, 3.63) is 63.2 Å². The highest BCUT2D eigenvalue weighted by Crippen LogP contribution is 2.13. The molecule has 2 rings (SSSR count). The third kappa shape index (κ3) is 4.56. The molecule has 0 spiro atoms. The van der Waals surface area contributed by atoms with Crippen LogP contribution in [-0.4, -0.2) is 31.4 Å². The van der Waals surface area contributed by atoms with Crippen molar-refractivity contribution in [1.29, 1.82) is 0 Å². The summed E-state index contributed by atoms with van der Waals surface area (Å²) >= 11 is 0. The van der Waals surface area contributed by atoms with Crippen molar-refractivity contribution in [2.75, 3.05) is 19.0 Å². The second kappa shape index (κ2) is 8.11. The molecule has 0 bridgehead atoms. The van der Waals surface area contributed by atoms with Gasteiger partial charge in [-0.2, -0.15) is 0 Å². The maximum Gasteiger partial charge on any atom is 0.342 e. The zero-order valence-corrected chi connectivity index (χ0v) is 14.5. The summed E-state index contributed by atoms with van der Waals surface area (Å²) in [4.78, 5) is 46.9. The highest BCUT2D eigenvalue weighted by atomic mass is 16.5. The van der Waals surface area contributed by atoms with Gasteiger partial charge in [-0.3, -0.25) is 9.59 Å². The molecule has 26 heavy (non-hydrogen) atoms. The molecule has 0 unspecified atom stereocenters. The van der Waals surface area contributed by atoms with Crippen molar-refractivity contribution in [3.63, 3.8) is 0 Å². The van der Waals surface area contributed by atoms with E-state index in [0.717, 1.165) is 0 Å². The molecule has 0 aliphatic rings. The summed E-state index contributed by atoms with van der Waals surface area (Å²) in [6.45, 7) is 2.52. The molecule has 0 fully saturated rings. The van der Waals surface area contributed by atoms with Gasteiger partial charge in [0.15, 0.2) is 6.61 Å². The summed E-state index contributed by atoms with van der Waals surface area (Å²) in [5, 5.41) is 5.02. The zero-order valence-electron chi connectivity index (χ0n) is 14.5. The van der Waals surface area contributed by atoms with Crippen molar-refractivity contribution in [2.24, 2.45) is 0 Å². The van der Waals surface area contributed by atoms with Gasteiger partial charge >= 0.3 is 11.6 Å². The molecule has 8 heteroatoms. The van der Waals surface area contributed by atoms with Crippen LogP contribution < -0.4 is 16.3 Å². The Bertz CT molecular complexity index is 890. The molecular weight excluding hydrogens is 340 g/mol. The molecule has 8 nitrogen and oxygen atoms in total. The van der Waals surface area contributed by atoms with E-state index in [0.29, 0.717) is 16.8 Å². The first-order chi connectivity index (χ1) is 12.3. The molecule has 0 radical (unpaired) electrons. The fraction of sp³-hybridized carbons (Fsp3) is 0.222. The van der Waals surface area contributed by atoms with Gasteiger partial charge in [0.2, 0.25) is 0 Å². The van der Waals surface area contributed by atoms with Gasteiger partial charge in [-0.15, -0.1) is 0 Å². The van der Waals surface area contributed by atoms with E-state index in [1.54, 1.807) is 25.1 Å². The van der Waals surface area contributed by atoms with Crippen molar-refractivity contribution >= 4 is 23.5 Å². The molecule has 0 aliphatic heterocycles. The summed E-state index contributed by atoms with van der Waals surface area (Å²) in [6.07, 6.45) is 0. The van der Waals surface area contributed by atoms with Crippen molar-refractivity contribution in [2.45, 2.75) is 13.8 Å². The molecule has 0 saturated carbocycles. The van der Waals surface area contributed by atoms with E-state index in [1.807, 2.05) is 0 Å².